The standard InChI is InChI=1S/C25H28N4O3S/c1-17(24(31)27-22-16-23(30)29(28-22)20-10-6-3-7-11-20)33-21-14-12-19(13-15-21)26-25(32)18-8-4-2-5-9-18/h3,6-7,10-15,17-18H,2,4-5,8-9,16H2,1H3,(H,26,32)(H,27,28,31). The van der Waals surface area contributed by atoms with Crippen LogP contribution in [-0.2, 0) is 14.4 Å². The molecule has 2 N–H and O–H groups in total. The SMILES string of the molecule is CC(Sc1ccc(NC(=O)C2CCCCC2)cc1)C(=O)NC1=NN(c2ccccc2)C(=O)C1. The van der Waals surface area contributed by atoms with Gasteiger partial charge in [-0.05, 0) is 56.2 Å². The molecule has 1 aliphatic carbocycles. The van der Waals surface area contributed by atoms with E-state index in [1.165, 1.54) is 23.2 Å². The van der Waals surface area contributed by atoms with Gasteiger partial charge in [0, 0.05) is 16.5 Å². The summed E-state index contributed by atoms with van der Waals surface area (Å²) >= 11 is 1.41. The number of amidine groups is 1. The summed E-state index contributed by atoms with van der Waals surface area (Å²) in [5.74, 6) is 0.167. The Balaban J connectivity index is 1.29. The molecule has 1 saturated carbocycles. The van der Waals surface area contributed by atoms with Gasteiger partial charge in [0.2, 0.25) is 11.8 Å². The van der Waals surface area contributed by atoms with Gasteiger partial charge in [-0.3, -0.25) is 14.4 Å². The van der Waals surface area contributed by atoms with Crippen LogP contribution in [0.15, 0.2) is 64.6 Å². The minimum atomic E-state index is -0.378. The lowest BCUT2D eigenvalue weighted by Crippen LogP contribution is -2.35. The Morgan fingerprint density at radius 1 is 1.00 bits per heavy atom. The number of carbonyl (C=O) groups excluding carboxylic acids is 3. The van der Waals surface area contributed by atoms with Gasteiger partial charge in [0.15, 0.2) is 0 Å². The van der Waals surface area contributed by atoms with Gasteiger partial charge in [0.05, 0.1) is 17.4 Å². The molecular formula is C25H28N4O3S. The number of hydrazone groups is 1. The Kier molecular flexibility index (Phi) is 7.44. The minimum Gasteiger partial charge on any atom is -0.326 e. The van der Waals surface area contributed by atoms with Gasteiger partial charge in [0.1, 0.15) is 5.84 Å². The first kappa shape index (κ1) is 23.0. The third-order valence-corrected chi connectivity index (χ3v) is 6.94. The van der Waals surface area contributed by atoms with Crippen molar-refractivity contribution in [3.05, 3.63) is 54.6 Å². The number of carbonyl (C=O) groups is 3. The normalized spacial score (nSPS) is 17.4. The van der Waals surface area contributed by atoms with Crippen LogP contribution in [0, 0.1) is 5.92 Å². The largest absolute Gasteiger partial charge is 0.326 e. The number of rotatable bonds is 6. The second-order valence-corrected chi connectivity index (χ2v) is 9.78. The summed E-state index contributed by atoms with van der Waals surface area (Å²) in [5.41, 5.74) is 1.44. The van der Waals surface area contributed by atoms with Crippen LogP contribution >= 0.6 is 11.8 Å². The Hall–Kier alpha value is -3.13. The first-order chi connectivity index (χ1) is 16.0. The molecule has 1 atom stereocenters. The quantitative estimate of drug-likeness (QED) is 0.614. The second kappa shape index (κ2) is 10.7. The predicted octanol–water partition coefficient (Wildman–Crippen LogP) is 4.55. The number of hydrogen-bond acceptors (Lipinski definition) is 5. The van der Waals surface area contributed by atoms with Crippen molar-refractivity contribution in [1.82, 2.24) is 5.32 Å². The van der Waals surface area contributed by atoms with Crippen molar-refractivity contribution in [2.24, 2.45) is 11.0 Å². The molecule has 8 heteroatoms. The summed E-state index contributed by atoms with van der Waals surface area (Å²) in [5, 5.41) is 11.0. The van der Waals surface area contributed by atoms with Crippen molar-refractivity contribution in [2.75, 3.05) is 10.3 Å². The van der Waals surface area contributed by atoms with Gasteiger partial charge >= 0.3 is 0 Å². The van der Waals surface area contributed by atoms with E-state index in [-0.39, 0.29) is 35.3 Å². The lowest BCUT2D eigenvalue weighted by Gasteiger charge is -2.20. The van der Waals surface area contributed by atoms with Crippen molar-refractivity contribution in [2.45, 2.75) is 55.6 Å². The van der Waals surface area contributed by atoms with Crippen LogP contribution in [0.3, 0.4) is 0 Å². The number of anilines is 2. The average molecular weight is 465 g/mol. The van der Waals surface area contributed by atoms with E-state index in [0.29, 0.717) is 11.5 Å². The zero-order valence-electron chi connectivity index (χ0n) is 18.6. The monoisotopic (exact) mass is 464 g/mol. The van der Waals surface area contributed by atoms with Gasteiger partial charge in [-0.25, -0.2) is 0 Å². The van der Waals surface area contributed by atoms with Gasteiger partial charge < -0.3 is 10.6 Å². The zero-order valence-corrected chi connectivity index (χ0v) is 19.4. The van der Waals surface area contributed by atoms with Crippen molar-refractivity contribution in [3.63, 3.8) is 0 Å². The van der Waals surface area contributed by atoms with E-state index in [1.54, 1.807) is 12.1 Å². The molecule has 0 spiro atoms. The first-order valence-corrected chi connectivity index (χ1v) is 12.2. The lowest BCUT2D eigenvalue weighted by molar-refractivity contribution is -0.121. The molecular weight excluding hydrogens is 436 g/mol. The van der Waals surface area contributed by atoms with Crippen LogP contribution in [0.4, 0.5) is 11.4 Å². The number of para-hydroxylation sites is 1. The Bertz CT molecular complexity index is 1030. The summed E-state index contributed by atoms with van der Waals surface area (Å²) in [6, 6.07) is 16.7. The molecule has 0 radical (unpaired) electrons. The van der Waals surface area contributed by atoms with E-state index in [0.717, 1.165) is 36.3 Å². The zero-order chi connectivity index (χ0) is 23.2. The highest BCUT2D eigenvalue weighted by molar-refractivity contribution is 8.00. The molecule has 1 unspecified atom stereocenters. The summed E-state index contributed by atoms with van der Waals surface area (Å²) in [7, 11) is 0. The Labute approximate surface area is 198 Å². The molecule has 172 valence electrons. The molecule has 2 aromatic rings. The van der Waals surface area contributed by atoms with Crippen molar-refractivity contribution in [1.29, 1.82) is 0 Å². The highest BCUT2D eigenvalue weighted by Crippen LogP contribution is 2.27. The Morgan fingerprint density at radius 3 is 2.39 bits per heavy atom. The Morgan fingerprint density at radius 2 is 1.70 bits per heavy atom. The molecule has 1 heterocycles. The van der Waals surface area contributed by atoms with E-state index in [9.17, 15) is 14.4 Å². The topological polar surface area (TPSA) is 90.9 Å². The lowest BCUT2D eigenvalue weighted by atomic mass is 9.88. The molecule has 0 bridgehead atoms. The van der Waals surface area contributed by atoms with Crippen LogP contribution in [-0.4, -0.2) is 28.8 Å². The van der Waals surface area contributed by atoms with E-state index in [1.807, 2.05) is 49.4 Å². The molecule has 0 aromatic heterocycles. The minimum absolute atomic E-state index is 0.0629. The van der Waals surface area contributed by atoms with Crippen molar-refractivity contribution < 1.29 is 14.4 Å². The van der Waals surface area contributed by atoms with E-state index in [2.05, 4.69) is 15.7 Å². The van der Waals surface area contributed by atoms with E-state index < -0.39 is 0 Å². The maximum absolute atomic E-state index is 12.6. The maximum atomic E-state index is 12.6. The van der Waals surface area contributed by atoms with Crippen LogP contribution in [0.1, 0.15) is 45.4 Å². The van der Waals surface area contributed by atoms with Crippen LogP contribution in [0.25, 0.3) is 0 Å². The summed E-state index contributed by atoms with van der Waals surface area (Å²) < 4.78 is 0. The first-order valence-electron chi connectivity index (χ1n) is 11.3. The summed E-state index contributed by atoms with van der Waals surface area (Å²) in [6.45, 7) is 1.81. The number of amides is 3. The van der Waals surface area contributed by atoms with E-state index >= 15 is 0 Å². The van der Waals surface area contributed by atoms with Crippen molar-refractivity contribution in [3.8, 4) is 0 Å². The van der Waals surface area contributed by atoms with Gasteiger partial charge in [0.25, 0.3) is 5.91 Å². The molecule has 3 amide bonds. The molecule has 1 fully saturated rings. The molecule has 4 rings (SSSR count). The number of nitrogens with zero attached hydrogens (tertiary/aromatic N) is 2. The average Bonchev–Trinajstić information content (AvgIpc) is 3.21. The van der Waals surface area contributed by atoms with Gasteiger partial charge in [-0.15, -0.1) is 11.8 Å². The van der Waals surface area contributed by atoms with Crippen LogP contribution in [0.2, 0.25) is 0 Å². The number of hydrogen-bond donors (Lipinski definition) is 2. The predicted molar refractivity (Wildman–Crippen MR) is 131 cm³/mol. The van der Waals surface area contributed by atoms with Gasteiger partial charge in [-0.2, -0.15) is 10.1 Å². The molecule has 7 nitrogen and oxygen atoms in total. The summed E-state index contributed by atoms with van der Waals surface area (Å²) in [4.78, 5) is 38.2. The maximum Gasteiger partial charge on any atom is 0.255 e. The fourth-order valence-electron chi connectivity index (χ4n) is 4.00. The smallest absolute Gasteiger partial charge is 0.255 e. The fourth-order valence-corrected chi connectivity index (χ4v) is 4.86. The molecule has 2 aliphatic rings. The third kappa shape index (κ3) is 6.01. The molecule has 0 saturated heterocycles. The van der Waals surface area contributed by atoms with Crippen LogP contribution < -0.4 is 15.6 Å². The number of thioether (sulfide) groups is 1. The molecule has 33 heavy (non-hydrogen) atoms. The fraction of sp³-hybridized carbons (Fsp3) is 0.360. The second-order valence-electron chi connectivity index (χ2n) is 8.36. The van der Waals surface area contributed by atoms with E-state index in [4.69, 9.17) is 0 Å². The summed E-state index contributed by atoms with van der Waals surface area (Å²) in [6.07, 6.45) is 5.46. The number of nitrogens with one attached hydrogen (secondary N) is 2. The highest BCUT2D eigenvalue weighted by Gasteiger charge is 2.27. The third-order valence-electron chi connectivity index (χ3n) is 5.82. The molecule has 2 aromatic carbocycles. The van der Waals surface area contributed by atoms with Gasteiger partial charge in [-0.1, -0.05) is 37.5 Å². The number of benzene rings is 2. The molecule has 1 aliphatic heterocycles. The highest BCUT2D eigenvalue weighted by atomic mass is 32.2. The van der Waals surface area contributed by atoms with Crippen molar-refractivity contribution >= 4 is 46.7 Å². The van der Waals surface area contributed by atoms with Crippen LogP contribution in [0.5, 0.6) is 0 Å².